The SMILES string of the molecule is CC(C)C(NC(=O)C(N)CC(=O)O)c1cccs1. The van der Waals surface area contributed by atoms with Gasteiger partial charge in [-0.3, -0.25) is 9.59 Å². The van der Waals surface area contributed by atoms with Crippen molar-refractivity contribution in [3.05, 3.63) is 22.4 Å². The zero-order valence-corrected chi connectivity index (χ0v) is 11.2. The first-order valence-electron chi connectivity index (χ1n) is 5.73. The molecular formula is C12H18N2O3S. The van der Waals surface area contributed by atoms with E-state index in [2.05, 4.69) is 5.32 Å². The van der Waals surface area contributed by atoms with Crippen LogP contribution in [0.1, 0.15) is 31.2 Å². The maximum atomic E-state index is 11.8. The number of amides is 1. The van der Waals surface area contributed by atoms with E-state index in [1.54, 1.807) is 11.3 Å². The van der Waals surface area contributed by atoms with Gasteiger partial charge in [-0.05, 0) is 17.4 Å². The highest BCUT2D eigenvalue weighted by Gasteiger charge is 2.23. The molecule has 0 aromatic carbocycles. The quantitative estimate of drug-likeness (QED) is 0.727. The van der Waals surface area contributed by atoms with E-state index in [9.17, 15) is 9.59 Å². The highest BCUT2D eigenvalue weighted by molar-refractivity contribution is 7.10. The molecule has 0 saturated carbocycles. The maximum absolute atomic E-state index is 11.8. The van der Waals surface area contributed by atoms with Gasteiger partial charge in [-0.25, -0.2) is 0 Å². The molecule has 0 fully saturated rings. The molecule has 0 spiro atoms. The van der Waals surface area contributed by atoms with Gasteiger partial charge in [0.15, 0.2) is 0 Å². The van der Waals surface area contributed by atoms with Crippen LogP contribution in [0.25, 0.3) is 0 Å². The van der Waals surface area contributed by atoms with Gasteiger partial charge in [0.2, 0.25) is 5.91 Å². The molecule has 6 heteroatoms. The predicted octanol–water partition coefficient (Wildman–Crippen LogP) is 1.36. The minimum absolute atomic E-state index is 0.127. The smallest absolute Gasteiger partial charge is 0.305 e. The molecule has 2 unspecified atom stereocenters. The first-order valence-corrected chi connectivity index (χ1v) is 6.61. The van der Waals surface area contributed by atoms with Crippen LogP contribution in [-0.2, 0) is 9.59 Å². The van der Waals surface area contributed by atoms with Gasteiger partial charge in [-0.15, -0.1) is 11.3 Å². The molecule has 2 atom stereocenters. The normalized spacial score (nSPS) is 14.2. The molecule has 18 heavy (non-hydrogen) atoms. The van der Waals surface area contributed by atoms with Crippen LogP contribution in [0.4, 0.5) is 0 Å². The fourth-order valence-electron chi connectivity index (χ4n) is 1.58. The highest BCUT2D eigenvalue weighted by Crippen LogP contribution is 2.25. The van der Waals surface area contributed by atoms with Crippen LogP contribution in [0.3, 0.4) is 0 Å². The fraction of sp³-hybridized carbons (Fsp3) is 0.500. The van der Waals surface area contributed by atoms with Crippen LogP contribution >= 0.6 is 11.3 Å². The van der Waals surface area contributed by atoms with Crippen molar-refractivity contribution in [1.29, 1.82) is 0 Å². The van der Waals surface area contributed by atoms with Crippen LogP contribution < -0.4 is 11.1 Å². The van der Waals surface area contributed by atoms with Crippen LogP contribution in [0.15, 0.2) is 17.5 Å². The molecule has 1 rings (SSSR count). The number of hydrogen-bond acceptors (Lipinski definition) is 4. The van der Waals surface area contributed by atoms with Gasteiger partial charge < -0.3 is 16.2 Å². The summed E-state index contributed by atoms with van der Waals surface area (Å²) in [4.78, 5) is 23.3. The molecule has 0 aliphatic carbocycles. The molecular weight excluding hydrogens is 252 g/mol. The molecule has 0 aliphatic heterocycles. The van der Waals surface area contributed by atoms with E-state index in [1.807, 2.05) is 31.4 Å². The fourth-order valence-corrected chi connectivity index (χ4v) is 2.52. The van der Waals surface area contributed by atoms with Crippen LogP contribution in [-0.4, -0.2) is 23.0 Å². The van der Waals surface area contributed by atoms with Gasteiger partial charge in [0.1, 0.15) is 0 Å². The number of carbonyl (C=O) groups excluding carboxylic acids is 1. The lowest BCUT2D eigenvalue weighted by Gasteiger charge is -2.22. The van der Waals surface area contributed by atoms with Crippen molar-refractivity contribution in [2.75, 3.05) is 0 Å². The number of hydrogen-bond donors (Lipinski definition) is 3. The minimum atomic E-state index is -1.07. The van der Waals surface area contributed by atoms with Gasteiger partial charge in [0, 0.05) is 4.88 Å². The second-order valence-corrected chi connectivity index (χ2v) is 5.43. The third kappa shape index (κ3) is 4.12. The minimum Gasteiger partial charge on any atom is -0.481 e. The molecule has 100 valence electrons. The second kappa shape index (κ2) is 6.51. The Morgan fingerprint density at radius 3 is 2.61 bits per heavy atom. The van der Waals surface area contributed by atoms with Crippen molar-refractivity contribution in [3.63, 3.8) is 0 Å². The number of carboxylic acid groups (broad SMARTS) is 1. The molecule has 4 N–H and O–H groups in total. The third-order valence-electron chi connectivity index (χ3n) is 2.55. The van der Waals surface area contributed by atoms with E-state index in [0.29, 0.717) is 0 Å². The molecule has 0 saturated heterocycles. The summed E-state index contributed by atoms with van der Waals surface area (Å²) in [5.41, 5.74) is 5.53. The Bertz CT molecular complexity index is 403. The van der Waals surface area contributed by atoms with Gasteiger partial charge >= 0.3 is 5.97 Å². The molecule has 1 aromatic heterocycles. The number of thiophene rings is 1. The first-order chi connectivity index (χ1) is 8.41. The van der Waals surface area contributed by atoms with E-state index in [0.717, 1.165) is 4.88 Å². The van der Waals surface area contributed by atoms with E-state index in [1.165, 1.54) is 0 Å². The lowest BCUT2D eigenvalue weighted by molar-refractivity contribution is -0.139. The number of carbonyl (C=O) groups is 2. The van der Waals surface area contributed by atoms with Crippen LogP contribution in [0.5, 0.6) is 0 Å². The number of aliphatic carboxylic acids is 1. The van der Waals surface area contributed by atoms with Crippen molar-refractivity contribution >= 4 is 23.2 Å². The number of nitrogens with two attached hydrogens (primary N) is 1. The molecule has 1 heterocycles. The molecule has 1 amide bonds. The maximum Gasteiger partial charge on any atom is 0.305 e. The lowest BCUT2D eigenvalue weighted by atomic mass is 10.0. The average Bonchev–Trinajstić information content (AvgIpc) is 2.77. The van der Waals surface area contributed by atoms with Crippen molar-refractivity contribution < 1.29 is 14.7 Å². The Labute approximate surface area is 110 Å². The highest BCUT2D eigenvalue weighted by atomic mass is 32.1. The molecule has 1 aromatic rings. The monoisotopic (exact) mass is 270 g/mol. The van der Waals surface area contributed by atoms with Crippen LogP contribution in [0, 0.1) is 5.92 Å². The van der Waals surface area contributed by atoms with Gasteiger partial charge in [0.05, 0.1) is 18.5 Å². The topological polar surface area (TPSA) is 92.4 Å². The third-order valence-corrected chi connectivity index (χ3v) is 3.50. The largest absolute Gasteiger partial charge is 0.481 e. The van der Waals surface area contributed by atoms with Gasteiger partial charge in [-0.1, -0.05) is 19.9 Å². The van der Waals surface area contributed by atoms with E-state index >= 15 is 0 Å². The molecule has 0 bridgehead atoms. The summed E-state index contributed by atoms with van der Waals surface area (Å²) in [6.07, 6.45) is -0.360. The molecule has 5 nitrogen and oxygen atoms in total. The standard InChI is InChI=1S/C12H18N2O3S/c1-7(2)11(9-4-3-5-18-9)14-12(17)8(13)6-10(15)16/h3-5,7-8,11H,6,13H2,1-2H3,(H,14,17)(H,15,16). The Morgan fingerprint density at radius 2 is 2.17 bits per heavy atom. The summed E-state index contributed by atoms with van der Waals surface area (Å²) in [6.45, 7) is 3.99. The van der Waals surface area contributed by atoms with Crippen molar-refractivity contribution in [2.45, 2.75) is 32.4 Å². The summed E-state index contributed by atoms with van der Waals surface area (Å²) in [6, 6.07) is 2.72. The zero-order chi connectivity index (χ0) is 13.7. The number of carboxylic acids is 1. The van der Waals surface area contributed by atoms with Gasteiger partial charge in [0.25, 0.3) is 0 Å². The summed E-state index contributed by atoms with van der Waals surface area (Å²) in [5, 5.41) is 13.3. The summed E-state index contributed by atoms with van der Waals surface area (Å²) in [7, 11) is 0. The van der Waals surface area contributed by atoms with Crippen molar-refractivity contribution in [1.82, 2.24) is 5.32 Å². The van der Waals surface area contributed by atoms with Crippen LogP contribution in [0.2, 0.25) is 0 Å². The van der Waals surface area contributed by atoms with E-state index in [4.69, 9.17) is 10.8 Å². The van der Waals surface area contributed by atoms with Crippen molar-refractivity contribution in [3.8, 4) is 0 Å². The Hall–Kier alpha value is -1.40. The molecule has 0 radical (unpaired) electrons. The zero-order valence-electron chi connectivity index (χ0n) is 10.4. The lowest BCUT2D eigenvalue weighted by Crippen LogP contribution is -2.44. The molecule has 0 aliphatic rings. The van der Waals surface area contributed by atoms with E-state index in [-0.39, 0.29) is 18.4 Å². The summed E-state index contributed by atoms with van der Waals surface area (Å²) < 4.78 is 0. The summed E-state index contributed by atoms with van der Waals surface area (Å²) in [5.74, 6) is -1.29. The first kappa shape index (κ1) is 14.7. The van der Waals surface area contributed by atoms with E-state index < -0.39 is 17.9 Å². The van der Waals surface area contributed by atoms with Gasteiger partial charge in [-0.2, -0.15) is 0 Å². The second-order valence-electron chi connectivity index (χ2n) is 4.45. The summed E-state index contributed by atoms with van der Waals surface area (Å²) >= 11 is 1.56. The predicted molar refractivity (Wildman–Crippen MR) is 70.3 cm³/mol. The number of rotatable bonds is 6. The Morgan fingerprint density at radius 1 is 1.50 bits per heavy atom. The Balaban J connectivity index is 2.67. The van der Waals surface area contributed by atoms with Crippen molar-refractivity contribution in [2.24, 2.45) is 11.7 Å². The Kier molecular flexibility index (Phi) is 5.30. The number of nitrogens with one attached hydrogen (secondary N) is 1. The average molecular weight is 270 g/mol.